The van der Waals surface area contributed by atoms with Gasteiger partial charge in [-0.05, 0) is 62.6 Å². The molecular weight excluding hydrogens is 388 g/mol. The lowest BCUT2D eigenvalue weighted by molar-refractivity contribution is -0.150. The number of carbonyl (C=O) groups excluding carboxylic acids is 2. The van der Waals surface area contributed by atoms with E-state index in [4.69, 9.17) is 13.9 Å². The van der Waals surface area contributed by atoms with Crippen LogP contribution in [0.2, 0.25) is 0 Å². The number of aryl methyl sites for hydroxylation is 1. The largest absolute Gasteiger partial charge is 0.482 e. The molecule has 1 atom stereocenters. The van der Waals surface area contributed by atoms with Gasteiger partial charge in [0.2, 0.25) is 0 Å². The van der Waals surface area contributed by atoms with Gasteiger partial charge >= 0.3 is 11.6 Å². The Hall–Kier alpha value is -3.34. The second-order valence-corrected chi connectivity index (χ2v) is 7.94. The quantitative estimate of drug-likeness (QED) is 0.548. The molecule has 8 heteroatoms. The van der Waals surface area contributed by atoms with Crippen LogP contribution in [0.1, 0.15) is 37.3 Å². The first-order valence-electron chi connectivity index (χ1n) is 9.99. The van der Waals surface area contributed by atoms with E-state index in [9.17, 15) is 19.6 Å². The summed E-state index contributed by atoms with van der Waals surface area (Å²) < 4.78 is 15.7. The Morgan fingerprint density at radius 2 is 2.03 bits per heavy atom. The van der Waals surface area contributed by atoms with Crippen molar-refractivity contribution in [1.29, 1.82) is 5.26 Å². The minimum absolute atomic E-state index is 0.139. The standard InChI is InChI=1S/C22H22N2O6/c1-22(12-23,13-5-6-13)24-19(25)10-29-20(26)11-28-14-7-8-16-15-3-2-4-17(15)21(27)30-18(16)9-14/h7-9,13H,2-6,10-11H2,1H3,(H,24,25)/t22-/m0/s1. The van der Waals surface area contributed by atoms with Gasteiger partial charge in [-0.15, -0.1) is 0 Å². The van der Waals surface area contributed by atoms with E-state index in [1.807, 2.05) is 6.07 Å². The third kappa shape index (κ3) is 4.01. The van der Waals surface area contributed by atoms with E-state index in [0.717, 1.165) is 48.6 Å². The van der Waals surface area contributed by atoms with Crippen molar-refractivity contribution in [3.05, 3.63) is 39.7 Å². The van der Waals surface area contributed by atoms with Crippen molar-refractivity contribution < 1.29 is 23.5 Å². The van der Waals surface area contributed by atoms with Gasteiger partial charge in [0.1, 0.15) is 16.9 Å². The second-order valence-electron chi connectivity index (χ2n) is 7.94. The van der Waals surface area contributed by atoms with Crippen LogP contribution in [0.25, 0.3) is 11.0 Å². The molecule has 0 spiro atoms. The maximum Gasteiger partial charge on any atom is 0.344 e. The Kier molecular flexibility index (Phi) is 5.20. The fourth-order valence-corrected chi connectivity index (χ4v) is 3.89. The molecule has 0 saturated heterocycles. The molecule has 0 radical (unpaired) electrons. The topological polar surface area (TPSA) is 119 Å². The Labute approximate surface area is 172 Å². The molecule has 4 rings (SSSR count). The minimum atomic E-state index is -0.935. The molecule has 8 nitrogen and oxygen atoms in total. The highest BCUT2D eigenvalue weighted by Crippen LogP contribution is 2.39. The average Bonchev–Trinajstić information content (AvgIpc) is 3.48. The van der Waals surface area contributed by atoms with Gasteiger partial charge in [0.05, 0.1) is 6.07 Å². The smallest absolute Gasteiger partial charge is 0.344 e. The van der Waals surface area contributed by atoms with E-state index in [0.29, 0.717) is 11.3 Å². The molecule has 1 heterocycles. The van der Waals surface area contributed by atoms with E-state index in [-0.39, 0.29) is 11.5 Å². The molecule has 0 bridgehead atoms. The molecule has 1 fully saturated rings. The summed E-state index contributed by atoms with van der Waals surface area (Å²) in [5, 5.41) is 12.8. The lowest BCUT2D eigenvalue weighted by Crippen LogP contribution is -2.48. The molecule has 1 aromatic carbocycles. The number of fused-ring (bicyclic) bond motifs is 3. The molecule has 2 aliphatic carbocycles. The maximum absolute atomic E-state index is 12.1. The van der Waals surface area contributed by atoms with Crippen LogP contribution in [-0.2, 0) is 27.2 Å². The number of ether oxygens (including phenoxy) is 2. The summed E-state index contributed by atoms with van der Waals surface area (Å²) in [4.78, 5) is 36.0. The van der Waals surface area contributed by atoms with Gasteiger partial charge in [-0.3, -0.25) is 4.79 Å². The van der Waals surface area contributed by atoms with E-state index in [1.54, 1.807) is 19.1 Å². The number of hydrogen-bond acceptors (Lipinski definition) is 7. The molecule has 1 aromatic heterocycles. The van der Waals surface area contributed by atoms with Gasteiger partial charge in [0.25, 0.3) is 5.91 Å². The highest BCUT2D eigenvalue weighted by molar-refractivity contribution is 5.84. The summed E-state index contributed by atoms with van der Waals surface area (Å²) in [5.41, 5.74) is 0.922. The lowest BCUT2D eigenvalue weighted by atomic mass is 9.98. The number of nitrogens with zero attached hydrogens (tertiary/aromatic N) is 1. The number of amides is 1. The number of nitrogens with one attached hydrogen (secondary N) is 1. The predicted molar refractivity (Wildman–Crippen MR) is 106 cm³/mol. The third-order valence-corrected chi connectivity index (χ3v) is 5.69. The van der Waals surface area contributed by atoms with Crippen molar-refractivity contribution in [3.63, 3.8) is 0 Å². The van der Waals surface area contributed by atoms with Crippen LogP contribution in [0.15, 0.2) is 27.4 Å². The Morgan fingerprint density at radius 3 is 2.77 bits per heavy atom. The molecule has 30 heavy (non-hydrogen) atoms. The lowest BCUT2D eigenvalue weighted by Gasteiger charge is -2.22. The maximum atomic E-state index is 12.1. The Morgan fingerprint density at radius 1 is 1.27 bits per heavy atom. The first-order valence-corrected chi connectivity index (χ1v) is 9.99. The number of carbonyl (C=O) groups is 2. The highest BCUT2D eigenvalue weighted by atomic mass is 16.6. The predicted octanol–water partition coefficient (Wildman–Crippen LogP) is 2.01. The number of esters is 1. The summed E-state index contributed by atoms with van der Waals surface area (Å²) in [6.07, 6.45) is 4.31. The minimum Gasteiger partial charge on any atom is -0.482 e. The van der Waals surface area contributed by atoms with Crippen LogP contribution in [0.4, 0.5) is 0 Å². The Bertz CT molecular complexity index is 1110. The van der Waals surface area contributed by atoms with Crippen molar-refractivity contribution >= 4 is 22.8 Å². The average molecular weight is 410 g/mol. The summed E-state index contributed by atoms with van der Waals surface area (Å²) in [5.74, 6) is -0.748. The van der Waals surface area contributed by atoms with E-state index >= 15 is 0 Å². The first-order chi connectivity index (χ1) is 14.4. The molecule has 1 amide bonds. The van der Waals surface area contributed by atoms with Crippen LogP contribution in [-0.4, -0.2) is 30.6 Å². The molecule has 0 aliphatic heterocycles. The van der Waals surface area contributed by atoms with Crippen molar-refractivity contribution in [2.45, 2.75) is 44.6 Å². The number of hydrogen-bond donors (Lipinski definition) is 1. The van der Waals surface area contributed by atoms with Crippen molar-refractivity contribution in [2.75, 3.05) is 13.2 Å². The van der Waals surface area contributed by atoms with Crippen LogP contribution in [0.3, 0.4) is 0 Å². The molecule has 1 N–H and O–H groups in total. The molecular formula is C22H22N2O6. The number of rotatable bonds is 7. The van der Waals surface area contributed by atoms with E-state index in [1.165, 1.54) is 0 Å². The van der Waals surface area contributed by atoms with E-state index < -0.39 is 30.6 Å². The number of nitriles is 1. The van der Waals surface area contributed by atoms with Crippen LogP contribution < -0.4 is 15.7 Å². The van der Waals surface area contributed by atoms with Crippen LogP contribution in [0.5, 0.6) is 5.75 Å². The summed E-state index contributed by atoms with van der Waals surface area (Å²) in [6, 6.07) is 7.20. The fourth-order valence-electron chi connectivity index (χ4n) is 3.89. The normalized spacial score (nSPS) is 16.9. The zero-order valence-electron chi connectivity index (χ0n) is 16.7. The third-order valence-electron chi connectivity index (χ3n) is 5.69. The van der Waals surface area contributed by atoms with Crippen molar-refractivity contribution in [3.8, 4) is 11.8 Å². The van der Waals surface area contributed by atoms with Gasteiger partial charge < -0.3 is 19.2 Å². The molecule has 156 valence electrons. The van der Waals surface area contributed by atoms with E-state index in [2.05, 4.69) is 11.4 Å². The first kappa shape index (κ1) is 20.0. The zero-order chi connectivity index (χ0) is 21.3. The monoisotopic (exact) mass is 410 g/mol. The number of benzene rings is 1. The van der Waals surface area contributed by atoms with Crippen molar-refractivity contribution in [2.24, 2.45) is 5.92 Å². The van der Waals surface area contributed by atoms with Gasteiger partial charge in [-0.1, -0.05) is 0 Å². The zero-order valence-corrected chi connectivity index (χ0v) is 16.7. The molecule has 0 unspecified atom stereocenters. The van der Waals surface area contributed by atoms with Gasteiger partial charge in [-0.2, -0.15) is 5.26 Å². The Balaban J connectivity index is 1.31. The molecule has 2 aromatic rings. The van der Waals surface area contributed by atoms with Gasteiger partial charge in [-0.25, -0.2) is 9.59 Å². The summed E-state index contributed by atoms with van der Waals surface area (Å²) in [7, 11) is 0. The summed E-state index contributed by atoms with van der Waals surface area (Å²) >= 11 is 0. The van der Waals surface area contributed by atoms with Crippen LogP contribution in [0, 0.1) is 17.2 Å². The molecule has 1 saturated carbocycles. The highest BCUT2D eigenvalue weighted by Gasteiger charge is 2.43. The van der Waals surface area contributed by atoms with Gasteiger partial charge in [0, 0.05) is 17.0 Å². The second kappa shape index (κ2) is 7.82. The molecule has 2 aliphatic rings. The van der Waals surface area contributed by atoms with Crippen molar-refractivity contribution in [1.82, 2.24) is 5.32 Å². The van der Waals surface area contributed by atoms with Crippen LogP contribution >= 0.6 is 0 Å². The SMILES string of the molecule is C[C@@](C#N)(NC(=O)COC(=O)COc1ccc2c3c(c(=O)oc2c1)CCC3)C1CC1. The van der Waals surface area contributed by atoms with Gasteiger partial charge in [0.15, 0.2) is 13.2 Å². The summed E-state index contributed by atoms with van der Waals surface area (Å²) in [6.45, 7) is 0.790. The fraction of sp³-hybridized carbons (Fsp3) is 0.455.